The average Bonchev–Trinajstić information content (AvgIpc) is 2.79. The van der Waals surface area contributed by atoms with Crippen molar-refractivity contribution in [2.24, 2.45) is 0 Å². The number of para-hydroxylation sites is 2. The zero-order chi connectivity index (χ0) is 22.7. The first-order valence-electron chi connectivity index (χ1n) is 10.4. The van der Waals surface area contributed by atoms with Crippen molar-refractivity contribution in [3.05, 3.63) is 88.8 Å². The van der Waals surface area contributed by atoms with Gasteiger partial charge in [-0.3, -0.25) is 9.59 Å². The van der Waals surface area contributed by atoms with Gasteiger partial charge in [-0.15, -0.1) is 0 Å². The molecule has 0 radical (unpaired) electrons. The third-order valence-corrected chi connectivity index (χ3v) is 5.94. The van der Waals surface area contributed by atoms with E-state index in [0.29, 0.717) is 21.9 Å². The van der Waals surface area contributed by atoms with Crippen LogP contribution in [0.25, 0.3) is 16.7 Å². The van der Waals surface area contributed by atoms with Crippen LogP contribution in [0, 0.1) is 6.92 Å². The summed E-state index contributed by atoms with van der Waals surface area (Å²) in [5.74, 6) is 0.573. The second kappa shape index (κ2) is 9.36. The lowest BCUT2D eigenvalue weighted by molar-refractivity contribution is -0.116. The number of nitrogens with zero attached hydrogens (tertiary/aromatic N) is 4. The van der Waals surface area contributed by atoms with Gasteiger partial charge in [0.05, 0.1) is 16.7 Å². The molecule has 6 nitrogen and oxygen atoms in total. The van der Waals surface area contributed by atoms with Crippen LogP contribution in [0.15, 0.2) is 82.9 Å². The van der Waals surface area contributed by atoms with Gasteiger partial charge in [0.15, 0.2) is 5.16 Å². The first-order chi connectivity index (χ1) is 15.5. The Bertz CT molecular complexity index is 1300. The summed E-state index contributed by atoms with van der Waals surface area (Å²) in [6.45, 7) is 5.91. The third kappa shape index (κ3) is 4.43. The minimum absolute atomic E-state index is 0.00368. The van der Waals surface area contributed by atoms with E-state index >= 15 is 0 Å². The summed E-state index contributed by atoms with van der Waals surface area (Å²) < 4.78 is 1.49. The molecule has 0 spiro atoms. The lowest BCUT2D eigenvalue weighted by Crippen LogP contribution is -2.38. The first-order valence-corrected chi connectivity index (χ1v) is 11.4. The van der Waals surface area contributed by atoms with Crippen molar-refractivity contribution in [1.82, 2.24) is 14.5 Å². The second-order valence-corrected chi connectivity index (χ2v) is 8.67. The fraction of sp³-hybridized carbons (Fsp3) is 0.200. The van der Waals surface area contributed by atoms with Crippen LogP contribution in [0.4, 0.5) is 5.69 Å². The van der Waals surface area contributed by atoms with Crippen molar-refractivity contribution in [2.75, 3.05) is 10.7 Å². The predicted octanol–water partition coefficient (Wildman–Crippen LogP) is 4.62. The smallest absolute Gasteiger partial charge is 0.267 e. The molecule has 0 fully saturated rings. The number of anilines is 1. The molecule has 2 aromatic carbocycles. The normalized spacial score (nSPS) is 11.1. The SMILES string of the molecule is Cc1ccc(-n2c(SCC(=O)N(c3ccccc3)C(C)C)nc3ccccc3c2=O)nc1. The molecular formula is C25H24N4O2S. The van der Waals surface area contributed by atoms with E-state index in [0.717, 1.165) is 11.3 Å². The average molecular weight is 445 g/mol. The maximum Gasteiger partial charge on any atom is 0.267 e. The minimum atomic E-state index is -0.203. The van der Waals surface area contributed by atoms with Crippen molar-refractivity contribution >= 4 is 34.3 Å². The van der Waals surface area contributed by atoms with Crippen molar-refractivity contribution in [3.63, 3.8) is 0 Å². The van der Waals surface area contributed by atoms with Crippen LogP contribution in [0.2, 0.25) is 0 Å². The molecule has 0 aliphatic heterocycles. The molecule has 7 heteroatoms. The molecule has 1 amide bonds. The number of carbonyl (C=O) groups excluding carboxylic acids is 1. The van der Waals surface area contributed by atoms with Crippen LogP contribution in [-0.2, 0) is 4.79 Å². The zero-order valence-electron chi connectivity index (χ0n) is 18.2. The molecule has 0 bridgehead atoms. The maximum atomic E-state index is 13.3. The molecule has 0 unspecified atom stereocenters. The summed E-state index contributed by atoms with van der Waals surface area (Å²) in [5, 5.41) is 0.953. The van der Waals surface area contributed by atoms with Gasteiger partial charge in [-0.2, -0.15) is 0 Å². The lowest BCUT2D eigenvalue weighted by Gasteiger charge is -2.27. The number of fused-ring (bicyclic) bond motifs is 1. The van der Waals surface area contributed by atoms with Crippen molar-refractivity contribution in [3.8, 4) is 5.82 Å². The van der Waals surface area contributed by atoms with Crippen LogP contribution in [-0.4, -0.2) is 32.2 Å². The van der Waals surface area contributed by atoms with E-state index in [1.54, 1.807) is 29.3 Å². The minimum Gasteiger partial charge on any atom is -0.309 e. The molecule has 0 atom stereocenters. The van der Waals surface area contributed by atoms with E-state index in [9.17, 15) is 9.59 Å². The van der Waals surface area contributed by atoms with Crippen LogP contribution in [0.1, 0.15) is 19.4 Å². The Morgan fingerprint density at radius 2 is 1.75 bits per heavy atom. The van der Waals surface area contributed by atoms with E-state index in [2.05, 4.69) is 4.98 Å². The summed E-state index contributed by atoms with van der Waals surface area (Å²) in [5.41, 5.74) is 2.23. The lowest BCUT2D eigenvalue weighted by atomic mass is 10.2. The first kappa shape index (κ1) is 21.8. The predicted molar refractivity (Wildman–Crippen MR) is 130 cm³/mol. The maximum absolute atomic E-state index is 13.3. The number of hydrogen-bond acceptors (Lipinski definition) is 5. The molecule has 162 valence electrons. The van der Waals surface area contributed by atoms with Crippen LogP contribution in [0.5, 0.6) is 0 Å². The fourth-order valence-corrected chi connectivity index (χ4v) is 4.38. The molecule has 4 rings (SSSR count). The van der Waals surface area contributed by atoms with E-state index in [1.165, 1.54) is 16.3 Å². The van der Waals surface area contributed by atoms with Crippen molar-refractivity contribution < 1.29 is 4.79 Å². The van der Waals surface area contributed by atoms with Crippen LogP contribution >= 0.6 is 11.8 Å². The van der Waals surface area contributed by atoms with Gasteiger partial charge in [0.25, 0.3) is 5.56 Å². The quantitative estimate of drug-likeness (QED) is 0.321. The molecule has 0 saturated carbocycles. The fourth-order valence-electron chi connectivity index (χ4n) is 3.52. The summed E-state index contributed by atoms with van der Waals surface area (Å²) in [6.07, 6.45) is 1.71. The molecule has 2 aromatic heterocycles. The van der Waals surface area contributed by atoms with Gasteiger partial charge in [0.2, 0.25) is 5.91 Å². The number of rotatable bonds is 6. The van der Waals surface area contributed by atoms with Gasteiger partial charge in [0, 0.05) is 17.9 Å². The number of pyridine rings is 1. The molecule has 0 N–H and O–H groups in total. The highest BCUT2D eigenvalue weighted by atomic mass is 32.2. The number of benzene rings is 2. The Balaban J connectivity index is 1.72. The number of carbonyl (C=O) groups is 1. The Labute approximate surface area is 190 Å². The second-order valence-electron chi connectivity index (χ2n) is 7.73. The number of aromatic nitrogens is 3. The number of aryl methyl sites for hydroxylation is 1. The Kier molecular flexibility index (Phi) is 6.37. The Morgan fingerprint density at radius 3 is 2.44 bits per heavy atom. The van der Waals surface area contributed by atoms with E-state index < -0.39 is 0 Å². The topological polar surface area (TPSA) is 68.1 Å². The molecule has 4 aromatic rings. The highest BCUT2D eigenvalue weighted by molar-refractivity contribution is 7.99. The van der Waals surface area contributed by atoms with Crippen LogP contribution in [0.3, 0.4) is 0 Å². The Hall–Kier alpha value is -3.45. The highest BCUT2D eigenvalue weighted by Gasteiger charge is 2.21. The van der Waals surface area contributed by atoms with Crippen LogP contribution < -0.4 is 10.5 Å². The molecule has 0 aliphatic carbocycles. The van der Waals surface area contributed by atoms with Gasteiger partial charge in [-0.1, -0.05) is 48.2 Å². The molecule has 2 heterocycles. The molecule has 32 heavy (non-hydrogen) atoms. The van der Waals surface area contributed by atoms with Gasteiger partial charge >= 0.3 is 0 Å². The highest BCUT2D eigenvalue weighted by Crippen LogP contribution is 2.23. The van der Waals surface area contributed by atoms with Gasteiger partial charge in [-0.25, -0.2) is 14.5 Å². The number of hydrogen-bond donors (Lipinski definition) is 0. The number of amides is 1. The van der Waals surface area contributed by atoms with E-state index in [4.69, 9.17) is 4.98 Å². The van der Waals surface area contributed by atoms with Crippen molar-refractivity contribution in [2.45, 2.75) is 32.0 Å². The van der Waals surface area contributed by atoms with Gasteiger partial charge in [0.1, 0.15) is 5.82 Å². The zero-order valence-corrected chi connectivity index (χ0v) is 19.0. The summed E-state index contributed by atoms with van der Waals surface area (Å²) in [6, 6.07) is 20.5. The number of thioether (sulfide) groups is 1. The standard InChI is InChI=1S/C25H24N4O2S/c1-17(2)28(19-9-5-4-6-10-19)23(30)16-32-25-27-21-12-8-7-11-20(21)24(31)29(25)22-14-13-18(3)15-26-22/h4-15,17H,16H2,1-3H3. The van der Waals surface area contributed by atoms with Gasteiger partial charge < -0.3 is 4.90 Å². The summed E-state index contributed by atoms with van der Waals surface area (Å²) >= 11 is 1.24. The van der Waals surface area contributed by atoms with E-state index in [-0.39, 0.29) is 23.3 Å². The molecule has 0 saturated heterocycles. The Morgan fingerprint density at radius 1 is 1.03 bits per heavy atom. The third-order valence-electron chi connectivity index (χ3n) is 5.01. The summed E-state index contributed by atoms with van der Waals surface area (Å²) in [7, 11) is 0. The van der Waals surface area contributed by atoms with Gasteiger partial charge in [-0.05, 0) is 56.7 Å². The molecular weight excluding hydrogens is 420 g/mol. The van der Waals surface area contributed by atoms with Crippen molar-refractivity contribution in [1.29, 1.82) is 0 Å². The monoisotopic (exact) mass is 444 g/mol. The summed E-state index contributed by atoms with van der Waals surface area (Å²) in [4.78, 5) is 37.4. The largest absolute Gasteiger partial charge is 0.309 e. The molecule has 0 aliphatic rings. The van der Waals surface area contributed by atoms with E-state index in [1.807, 2.05) is 69.3 Å².